The fraction of sp³-hybridized carbons (Fsp3) is 0.375. The first-order chi connectivity index (χ1) is 15.6. The van der Waals surface area contributed by atoms with Crippen LogP contribution in [0.3, 0.4) is 0 Å². The van der Waals surface area contributed by atoms with Crippen LogP contribution in [0.2, 0.25) is 0 Å². The topological polar surface area (TPSA) is 80.5 Å². The quantitative estimate of drug-likeness (QED) is 0.404. The summed E-state index contributed by atoms with van der Waals surface area (Å²) in [5.41, 5.74) is 2.79. The molecule has 1 aliphatic rings. The number of hydrogen-bond acceptors (Lipinski definition) is 7. The van der Waals surface area contributed by atoms with Gasteiger partial charge in [-0.1, -0.05) is 37.7 Å². The van der Waals surface area contributed by atoms with E-state index in [1.54, 1.807) is 24.1 Å². The third kappa shape index (κ3) is 5.89. The Balaban J connectivity index is 1.38. The van der Waals surface area contributed by atoms with Gasteiger partial charge in [0.05, 0.1) is 26.0 Å². The largest absolute Gasteiger partial charge is 0.467 e. The summed E-state index contributed by atoms with van der Waals surface area (Å²) in [7, 11) is 0. The lowest BCUT2D eigenvalue weighted by Gasteiger charge is -2.28. The summed E-state index contributed by atoms with van der Waals surface area (Å²) in [6.45, 7) is 7.82. The van der Waals surface area contributed by atoms with Gasteiger partial charge in [-0.2, -0.15) is 0 Å². The highest BCUT2D eigenvalue weighted by atomic mass is 32.2. The number of aromatic nitrogens is 2. The second-order valence-electron chi connectivity index (χ2n) is 7.94. The normalized spacial score (nSPS) is 14.0. The third-order valence-electron chi connectivity index (χ3n) is 5.23. The van der Waals surface area contributed by atoms with Crippen molar-refractivity contribution in [3.05, 3.63) is 71.3 Å². The van der Waals surface area contributed by atoms with E-state index >= 15 is 0 Å². The number of furan rings is 1. The van der Waals surface area contributed by atoms with Gasteiger partial charge >= 0.3 is 0 Å². The maximum Gasteiger partial charge on any atom is 0.251 e. The predicted octanol–water partition coefficient (Wildman–Crippen LogP) is 4.25. The van der Waals surface area contributed by atoms with Crippen molar-refractivity contribution in [1.82, 2.24) is 15.3 Å². The van der Waals surface area contributed by atoms with Crippen LogP contribution in [0.5, 0.6) is 0 Å². The first-order valence-electron chi connectivity index (χ1n) is 10.8. The van der Waals surface area contributed by atoms with Crippen molar-refractivity contribution < 1.29 is 13.9 Å². The highest BCUT2D eigenvalue weighted by Crippen LogP contribution is 2.26. The number of ether oxygens (including phenoxy) is 1. The standard InChI is InChI=1S/C24H28N4O3S/c1-17(2)21-14-22(28-9-12-30-13-10-28)27-24(26-21)32-16-18-5-7-19(8-6-18)23(29)25-15-20-4-3-11-31-20/h3-8,11,14,17H,9-10,12-13,15-16H2,1-2H3,(H,25,29). The van der Waals surface area contributed by atoms with E-state index in [0.29, 0.717) is 18.0 Å². The number of hydrogen-bond donors (Lipinski definition) is 1. The second kappa shape index (κ2) is 10.7. The molecular formula is C24H28N4O3S. The summed E-state index contributed by atoms with van der Waals surface area (Å²) in [5.74, 6) is 2.64. The number of morpholine rings is 1. The van der Waals surface area contributed by atoms with Gasteiger partial charge in [-0.05, 0) is 35.7 Å². The van der Waals surface area contributed by atoms with Crippen molar-refractivity contribution in [3.8, 4) is 0 Å². The Hall–Kier alpha value is -2.84. The van der Waals surface area contributed by atoms with Gasteiger partial charge in [0.1, 0.15) is 11.6 Å². The number of rotatable bonds is 8. The lowest BCUT2D eigenvalue weighted by molar-refractivity contribution is 0.0948. The molecule has 8 heteroatoms. The zero-order valence-corrected chi connectivity index (χ0v) is 19.2. The smallest absolute Gasteiger partial charge is 0.251 e. The predicted molar refractivity (Wildman–Crippen MR) is 125 cm³/mol. The number of nitrogens with one attached hydrogen (secondary N) is 1. The molecule has 1 amide bonds. The van der Waals surface area contributed by atoms with Crippen molar-refractivity contribution in [2.24, 2.45) is 0 Å². The van der Waals surface area contributed by atoms with Crippen molar-refractivity contribution in [2.75, 3.05) is 31.2 Å². The van der Waals surface area contributed by atoms with Crippen LogP contribution in [-0.2, 0) is 17.0 Å². The Morgan fingerprint density at radius 3 is 2.62 bits per heavy atom. The van der Waals surface area contributed by atoms with Crippen LogP contribution in [0.25, 0.3) is 0 Å². The number of nitrogens with zero attached hydrogens (tertiary/aromatic N) is 3. The van der Waals surface area contributed by atoms with Crippen LogP contribution < -0.4 is 10.2 Å². The number of carbonyl (C=O) groups is 1. The Morgan fingerprint density at radius 1 is 1.16 bits per heavy atom. The highest BCUT2D eigenvalue weighted by molar-refractivity contribution is 7.98. The summed E-state index contributed by atoms with van der Waals surface area (Å²) in [4.78, 5) is 24.1. The van der Waals surface area contributed by atoms with Gasteiger partial charge in [-0.25, -0.2) is 9.97 Å². The lowest BCUT2D eigenvalue weighted by atomic mass is 10.1. The van der Waals surface area contributed by atoms with Gasteiger partial charge in [0.25, 0.3) is 5.91 Å². The molecule has 0 atom stereocenters. The van der Waals surface area contributed by atoms with Crippen LogP contribution in [0.15, 0.2) is 58.3 Å². The lowest BCUT2D eigenvalue weighted by Crippen LogP contribution is -2.37. The molecule has 1 N–H and O–H groups in total. The number of amides is 1. The number of benzene rings is 1. The van der Waals surface area contributed by atoms with Crippen LogP contribution in [-0.4, -0.2) is 42.2 Å². The number of thioether (sulfide) groups is 1. The van der Waals surface area contributed by atoms with E-state index in [-0.39, 0.29) is 5.91 Å². The van der Waals surface area contributed by atoms with Gasteiger partial charge < -0.3 is 19.4 Å². The molecule has 4 rings (SSSR count). The van der Waals surface area contributed by atoms with Crippen LogP contribution in [0.4, 0.5) is 5.82 Å². The SMILES string of the molecule is CC(C)c1cc(N2CCOCC2)nc(SCc2ccc(C(=O)NCc3ccco3)cc2)n1. The molecular weight excluding hydrogens is 424 g/mol. The van der Waals surface area contributed by atoms with E-state index < -0.39 is 0 Å². The zero-order chi connectivity index (χ0) is 22.3. The third-order valence-corrected chi connectivity index (χ3v) is 6.14. The summed E-state index contributed by atoms with van der Waals surface area (Å²) in [6.07, 6.45) is 1.60. The summed E-state index contributed by atoms with van der Waals surface area (Å²) in [5, 5.41) is 3.64. The van der Waals surface area contributed by atoms with E-state index in [0.717, 1.165) is 60.0 Å². The molecule has 2 aromatic heterocycles. The van der Waals surface area contributed by atoms with Gasteiger partial charge in [0, 0.05) is 36.2 Å². The molecule has 7 nitrogen and oxygen atoms in total. The van der Waals surface area contributed by atoms with Gasteiger partial charge in [-0.3, -0.25) is 4.79 Å². The van der Waals surface area contributed by atoms with Crippen molar-refractivity contribution in [2.45, 2.75) is 37.2 Å². The molecule has 0 saturated carbocycles. The molecule has 0 unspecified atom stereocenters. The molecule has 1 fully saturated rings. The molecule has 1 saturated heterocycles. The van der Waals surface area contributed by atoms with Gasteiger partial charge in [0.2, 0.25) is 0 Å². The van der Waals surface area contributed by atoms with E-state index in [1.165, 1.54) is 0 Å². The molecule has 32 heavy (non-hydrogen) atoms. The zero-order valence-electron chi connectivity index (χ0n) is 18.4. The summed E-state index contributed by atoms with van der Waals surface area (Å²) >= 11 is 1.61. The Morgan fingerprint density at radius 2 is 1.94 bits per heavy atom. The summed E-state index contributed by atoms with van der Waals surface area (Å²) in [6, 6.07) is 13.4. The molecule has 0 bridgehead atoms. The van der Waals surface area contributed by atoms with Crippen LogP contribution in [0, 0.1) is 0 Å². The number of carbonyl (C=O) groups excluding carboxylic acids is 1. The van der Waals surface area contributed by atoms with Crippen molar-refractivity contribution in [3.63, 3.8) is 0 Å². The maximum atomic E-state index is 12.3. The van der Waals surface area contributed by atoms with Gasteiger partial charge in [-0.15, -0.1) is 0 Å². The van der Waals surface area contributed by atoms with Crippen molar-refractivity contribution in [1.29, 1.82) is 0 Å². The molecule has 0 aliphatic carbocycles. The van der Waals surface area contributed by atoms with Crippen LogP contribution in [0.1, 0.15) is 47.1 Å². The minimum absolute atomic E-state index is 0.122. The average Bonchev–Trinajstić information content (AvgIpc) is 3.36. The molecule has 3 aromatic rings. The molecule has 1 aromatic carbocycles. The fourth-order valence-corrected chi connectivity index (χ4v) is 4.14. The Bertz CT molecular complexity index is 1020. The highest BCUT2D eigenvalue weighted by Gasteiger charge is 2.16. The number of anilines is 1. The first kappa shape index (κ1) is 22.4. The maximum absolute atomic E-state index is 12.3. The molecule has 0 spiro atoms. The molecule has 3 heterocycles. The van der Waals surface area contributed by atoms with Crippen LogP contribution >= 0.6 is 11.8 Å². The van der Waals surface area contributed by atoms with Gasteiger partial charge in [0.15, 0.2) is 5.16 Å². The van der Waals surface area contributed by atoms with E-state index in [2.05, 4.69) is 30.1 Å². The first-order valence-corrected chi connectivity index (χ1v) is 11.8. The van der Waals surface area contributed by atoms with E-state index in [9.17, 15) is 4.79 Å². The molecule has 1 aliphatic heterocycles. The minimum atomic E-state index is -0.122. The molecule has 0 radical (unpaired) electrons. The average molecular weight is 453 g/mol. The molecule has 168 valence electrons. The van der Waals surface area contributed by atoms with E-state index in [4.69, 9.17) is 19.1 Å². The Kier molecular flexibility index (Phi) is 7.44. The fourth-order valence-electron chi connectivity index (χ4n) is 3.33. The minimum Gasteiger partial charge on any atom is -0.467 e. The summed E-state index contributed by atoms with van der Waals surface area (Å²) < 4.78 is 10.7. The monoisotopic (exact) mass is 452 g/mol. The second-order valence-corrected chi connectivity index (χ2v) is 8.88. The van der Waals surface area contributed by atoms with Crippen molar-refractivity contribution >= 4 is 23.5 Å². The Labute approximate surface area is 192 Å². The van der Waals surface area contributed by atoms with E-state index in [1.807, 2.05) is 30.3 Å².